The van der Waals surface area contributed by atoms with Crippen LogP contribution in [-0.4, -0.2) is 56.9 Å². The van der Waals surface area contributed by atoms with E-state index in [1.165, 1.54) is 26.3 Å². The van der Waals surface area contributed by atoms with E-state index < -0.39 is 36.5 Å². The van der Waals surface area contributed by atoms with Gasteiger partial charge in [0.2, 0.25) is 6.79 Å². The van der Waals surface area contributed by atoms with Gasteiger partial charge in [0.15, 0.2) is 23.0 Å². The lowest BCUT2D eigenvalue weighted by atomic mass is 9.88. The molecule has 0 saturated carbocycles. The molecule has 10 heteroatoms. The maximum absolute atomic E-state index is 13.2. The van der Waals surface area contributed by atoms with Crippen molar-refractivity contribution >= 4 is 17.7 Å². The lowest BCUT2D eigenvalue weighted by molar-refractivity contribution is -0.155. The molecule has 0 aliphatic rings. The number of aromatic nitrogens is 1. The van der Waals surface area contributed by atoms with E-state index in [9.17, 15) is 14.4 Å². The van der Waals surface area contributed by atoms with Crippen LogP contribution in [0.25, 0.3) is 0 Å². The highest BCUT2D eigenvalue weighted by Gasteiger charge is 2.28. The van der Waals surface area contributed by atoms with Crippen LogP contribution in [0.2, 0.25) is 0 Å². The minimum atomic E-state index is -0.758. The summed E-state index contributed by atoms with van der Waals surface area (Å²) in [6.07, 6.45) is 2.10. The van der Waals surface area contributed by atoms with Gasteiger partial charge in [-0.3, -0.25) is 14.4 Å². The predicted octanol–water partition coefficient (Wildman–Crippen LogP) is 5.25. The molecular weight excluding hydrogens is 554 g/mol. The van der Waals surface area contributed by atoms with Crippen molar-refractivity contribution in [3.05, 3.63) is 77.6 Å². The van der Waals surface area contributed by atoms with Crippen LogP contribution >= 0.6 is 0 Å². The van der Waals surface area contributed by atoms with E-state index in [1.54, 1.807) is 21.1 Å². The van der Waals surface area contributed by atoms with Gasteiger partial charge in [0.25, 0.3) is 0 Å². The van der Waals surface area contributed by atoms with Gasteiger partial charge in [0.05, 0.1) is 27.2 Å². The van der Waals surface area contributed by atoms with Gasteiger partial charge in [-0.1, -0.05) is 31.2 Å². The molecule has 3 rings (SSSR count). The summed E-state index contributed by atoms with van der Waals surface area (Å²) < 4.78 is 32.1. The Hall–Kier alpha value is -4.60. The van der Waals surface area contributed by atoms with Crippen molar-refractivity contribution < 1.29 is 42.8 Å². The summed E-state index contributed by atoms with van der Waals surface area (Å²) in [5, 5.41) is 0. The molecule has 1 aromatic heterocycles. The first-order chi connectivity index (χ1) is 20.6. The second-order valence-electron chi connectivity index (χ2n) is 10.1. The molecule has 0 aliphatic heterocycles. The largest absolute Gasteiger partial charge is 0.497 e. The van der Waals surface area contributed by atoms with Crippen LogP contribution in [0.4, 0.5) is 0 Å². The smallest absolute Gasteiger partial charge is 0.309 e. The van der Waals surface area contributed by atoms with Crippen molar-refractivity contribution in [3.63, 3.8) is 0 Å². The minimum absolute atomic E-state index is 0.0314. The number of nitrogens with zero attached hydrogens (tertiary/aromatic N) is 1. The fourth-order valence-electron chi connectivity index (χ4n) is 4.49. The van der Waals surface area contributed by atoms with Crippen molar-refractivity contribution in [3.8, 4) is 23.0 Å². The van der Waals surface area contributed by atoms with Crippen LogP contribution < -0.4 is 18.9 Å². The summed E-state index contributed by atoms with van der Waals surface area (Å²) in [6.45, 7) is 4.32. The molecule has 0 fully saturated rings. The third-order valence-corrected chi connectivity index (χ3v) is 6.99. The third-order valence-electron chi connectivity index (χ3n) is 6.99. The van der Waals surface area contributed by atoms with Crippen LogP contribution in [0.1, 0.15) is 48.8 Å². The number of Topliss-reactive ketones (excluding diaryl/α,β-unsaturated/α-hetero) is 1. The Morgan fingerprint density at radius 2 is 1.35 bits per heavy atom. The van der Waals surface area contributed by atoms with Crippen molar-refractivity contribution in [2.24, 2.45) is 11.8 Å². The quantitative estimate of drug-likeness (QED) is 0.124. The number of carbonyl (C=O) groups excluding carboxylic acids is 3. The highest BCUT2D eigenvalue weighted by Crippen LogP contribution is 2.31. The zero-order chi connectivity index (χ0) is 31.4. The monoisotopic (exact) mass is 593 g/mol. The van der Waals surface area contributed by atoms with Crippen molar-refractivity contribution in [1.29, 1.82) is 0 Å². The van der Waals surface area contributed by atoms with E-state index in [2.05, 4.69) is 4.98 Å². The molecule has 0 bridgehead atoms. The number of hydrogen-bond acceptors (Lipinski definition) is 10. The Kier molecular flexibility index (Phi) is 12.4. The topological polar surface area (TPSA) is 119 Å². The number of esters is 2. The van der Waals surface area contributed by atoms with Gasteiger partial charge in [-0.15, -0.1) is 0 Å². The molecule has 0 aliphatic carbocycles. The fourth-order valence-corrected chi connectivity index (χ4v) is 4.49. The average molecular weight is 594 g/mol. The SMILES string of the molecule is COc1ccc(CC(Cc2ccc(OC)cc2)[C@H](C)OC(=O)[C@H](C)CC(=O)c2nccc(OC)c2OCOC(C)=O)cc1. The summed E-state index contributed by atoms with van der Waals surface area (Å²) in [6, 6.07) is 17.1. The van der Waals surface area contributed by atoms with E-state index in [4.69, 9.17) is 28.4 Å². The van der Waals surface area contributed by atoms with E-state index >= 15 is 0 Å². The maximum atomic E-state index is 13.2. The van der Waals surface area contributed by atoms with Gasteiger partial charge in [-0.25, -0.2) is 4.98 Å². The van der Waals surface area contributed by atoms with Crippen LogP contribution in [0.3, 0.4) is 0 Å². The van der Waals surface area contributed by atoms with Crippen LogP contribution in [-0.2, 0) is 31.9 Å². The number of ketones is 1. The molecule has 10 nitrogen and oxygen atoms in total. The van der Waals surface area contributed by atoms with Gasteiger partial charge in [0.1, 0.15) is 17.6 Å². The molecule has 3 aromatic rings. The molecule has 43 heavy (non-hydrogen) atoms. The van der Waals surface area contributed by atoms with Crippen molar-refractivity contribution in [2.45, 2.75) is 46.1 Å². The van der Waals surface area contributed by atoms with E-state index in [0.29, 0.717) is 12.8 Å². The van der Waals surface area contributed by atoms with E-state index in [1.807, 2.05) is 55.5 Å². The first-order valence-corrected chi connectivity index (χ1v) is 13.9. The molecule has 0 amide bonds. The number of methoxy groups -OCH3 is 3. The van der Waals surface area contributed by atoms with Gasteiger partial charge >= 0.3 is 11.9 Å². The van der Waals surface area contributed by atoms with Gasteiger partial charge in [0, 0.05) is 31.5 Å². The lowest BCUT2D eigenvalue weighted by Gasteiger charge is -2.26. The van der Waals surface area contributed by atoms with Crippen LogP contribution in [0, 0.1) is 11.8 Å². The Balaban J connectivity index is 1.72. The molecule has 0 radical (unpaired) electrons. The summed E-state index contributed by atoms with van der Waals surface area (Å²) in [7, 11) is 4.66. The van der Waals surface area contributed by atoms with E-state index in [0.717, 1.165) is 22.6 Å². The molecular formula is C33H39NO9. The number of carbonyl (C=O) groups is 3. The zero-order valence-corrected chi connectivity index (χ0v) is 25.5. The van der Waals surface area contributed by atoms with Gasteiger partial charge in [-0.05, 0) is 55.2 Å². The number of pyridine rings is 1. The second-order valence-corrected chi connectivity index (χ2v) is 10.1. The molecule has 2 atom stereocenters. The Morgan fingerprint density at radius 1 is 0.791 bits per heavy atom. The summed E-state index contributed by atoms with van der Waals surface area (Å²) in [5.74, 6) is -0.487. The second kappa shape index (κ2) is 16.1. The molecule has 1 heterocycles. The molecule has 0 unspecified atom stereocenters. The number of ether oxygens (including phenoxy) is 6. The molecule has 0 spiro atoms. The molecule has 0 N–H and O–H groups in total. The predicted molar refractivity (Wildman–Crippen MR) is 159 cm³/mol. The Bertz CT molecular complexity index is 1310. The van der Waals surface area contributed by atoms with Gasteiger partial charge in [-0.2, -0.15) is 0 Å². The molecule has 0 saturated heterocycles. The first-order valence-electron chi connectivity index (χ1n) is 13.9. The van der Waals surface area contributed by atoms with E-state index in [-0.39, 0.29) is 29.5 Å². The standard InChI is InChI=1S/C33H39NO9/c1-21(17-29(36)31-32(42-20-41-23(3)35)30(40-6)15-16-34-31)33(37)43-22(2)26(18-24-7-11-27(38-4)12-8-24)19-25-9-13-28(39-5)14-10-25/h7-16,21-22,26H,17-20H2,1-6H3/t21-,22+/m1/s1. The number of benzene rings is 2. The number of hydrogen-bond donors (Lipinski definition) is 0. The first kappa shape index (κ1) is 32.9. The summed E-state index contributed by atoms with van der Waals surface area (Å²) >= 11 is 0. The third kappa shape index (κ3) is 9.73. The van der Waals surface area contributed by atoms with Gasteiger partial charge < -0.3 is 28.4 Å². The minimum Gasteiger partial charge on any atom is -0.497 e. The lowest BCUT2D eigenvalue weighted by Crippen LogP contribution is -2.30. The molecule has 230 valence electrons. The number of rotatable bonds is 16. The molecule has 2 aromatic carbocycles. The summed E-state index contributed by atoms with van der Waals surface area (Å²) in [4.78, 5) is 41.7. The highest BCUT2D eigenvalue weighted by molar-refractivity contribution is 5.99. The average Bonchev–Trinajstić information content (AvgIpc) is 3.01. The normalized spacial score (nSPS) is 12.2. The van der Waals surface area contributed by atoms with Crippen LogP contribution in [0.15, 0.2) is 60.8 Å². The van der Waals surface area contributed by atoms with Crippen molar-refractivity contribution in [1.82, 2.24) is 4.98 Å². The maximum Gasteiger partial charge on any atom is 0.309 e. The summed E-state index contributed by atoms with van der Waals surface area (Å²) in [5.41, 5.74) is 2.13. The Labute approximate surface area is 252 Å². The van der Waals surface area contributed by atoms with Crippen LogP contribution in [0.5, 0.6) is 23.0 Å². The zero-order valence-electron chi connectivity index (χ0n) is 25.5. The van der Waals surface area contributed by atoms with Crippen molar-refractivity contribution in [2.75, 3.05) is 28.1 Å². The highest BCUT2D eigenvalue weighted by atomic mass is 16.7. The fraction of sp³-hybridized carbons (Fsp3) is 0.394. The Morgan fingerprint density at radius 3 is 1.84 bits per heavy atom.